The number of sulfonamides is 1. The normalized spacial score (nSPS) is 17.8. The molecule has 1 aromatic heterocycles. The van der Waals surface area contributed by atoms with Crippen molar-refractivity contribution in [2.24, 2.45) is 0 Å². The number of rotatable bonds is 4. The molecule has 1 aliphatic rings. The van der Waals surface area contributed by atoms with Crippen molar-refractivity contribution in [3.63, 3.8) is 0 Å². The number of hydrogen-bond acceptors (Lipinski definition) is 4. The number of ether oxygens (including phenoxy) is 1. The first-order chi connectivity index (χ1) is 12.8. The van der Waals surface area contributed by atoms with Gasteiger partial charge in [0.15, 0.2) is 0 Å². The molecule has 4 rings (SSSR count). The number of esters is 1. The zero-order valence-corrected chi connectivity index (χ0v) is 15.3. The zero-order valence-electron chi connectivity index (χ0n) is 14.5. The molecule has 1 aliphatic heterocycles. The first kappa shape index (κ1) is 17.7. The van der Waals surface area contributed by atoms with Crippen LogP contribution in [-0.2, 0) is 19.6 Å². The topological polar surface area (TPSA) is 88.3 Å². The third-order valence-electron chi connectivity index (χ3n) is 4.64. The van der Waals surface area contributed by atoms with Gasteiger partial charge in [0.1, 0.15) is 5.82 Å². The maximum atomic E-state index is 13.4. The van der Waals surface area contributed by atoms with Gasteiger partial charge in [-0.3, -0.25) is 4.79 Å². The second kappa shape index (κ2) is 6.47. The van der Waals surface area contributed by atoms with Gasteiger partial charge in [-0.2, -0.15) is 0 Å². The van der Waals surface area contributed by atoms with E-state index in [-0.39, 0.29) is 17.3 Å². The molecular weight excluding hydrogens is 371 g/mol. The zero-order chi connectivity index (χ0) is 19.2. The van der Waals surface area contributed by atoms with Crippen LogP contribution in [0.5, 0.6) is 0 Å². The van der Waals surface area contributed by atoms with Crippen LogP contribution in [0.4, 0.5) is 4.39 Å². The minimum Gasteiger partial charge on any atom is -0.466 e. The molecule has 6 nitrogen and oxygen atoms in total. The molecule has 0 radical (unpaired) electrons. The van der Waals surface area contributed by atoms with Crippen LogP contribution >= 0.6 is 0 Å². The molecule has 2 aromatic carbocycles. The fourth-order valence-corrected chi connectivity index (χ4v) is 4.92. The highest BCUT2D eigenvalue weighted by molar-refractivity contribution is 7.89. The molecule has 0 saturated heterocycles. The summed E-state index contributed by atoms with van der Waals surface area (Å²) in [6, 6.07) is 9.15. The van der Waals surface area contributed by atoms with Gasteiger partial charge in [0.2, 0.25) is 10.0 Å². The van der Waals surface area contributed by atoms with E-state index in [1.807, 2.05) is 6.07 Å². The van der Waals surface area contributed by atoms with Gasteiger partial charge in [-0.15, -0.1) is 0 Å². The lowest BCUT2D eigenvalue weighted by Crippen LogP contribution is -2.21. The monoisotopic (exact) mass is 388 g/mol. The number of aromatic amines is 1. The average molecular weight is 388 g/mol. The fourth-order valence-electron chi connectivity index (χ4n) is 3.42. The second-order valence-corrected chi connectivity index (χ2v) is 8.13. The number of carbonyl (C=O) groups is 1. The van der Waals surface area contributed by atoms with Gasteiger partial charge in [0, 0.05) is 36.0 Å². The van der Waals surface area contributed by atoms with Crippen LogP contribution in [-0.4, -0.2) is 26.0 Å². The minimum atomic E-state index is -3.59. The van der Waals surface area contributed by atoms with E-state index in [0.717, 1.165) is 16.5 Å². The molecule has 0 fully saturated rings. The molecule has 0 amide bonds. The molecule has 140 valence electrons. The number of hydrogen-bond donors (Lipinski definition) is 2. The smallest absolute Gasteiger partial charge is 0.302 e. The van der Waals surface area contributed by atoms with Crippen molar-refractivity contribution in [3.05, 3.63) is 54.0 Å². The Balaban J connectivity index is 1.74. The number of nitrogens with one attached hydrogen (secondary N) is 2. The molecule has 2 N–H and O–H groups in total. The second-order valence-electron chi connectivity index (χ2n) is 6.45. The molecule has 0 spiro atoms. The van der Waals surface area contributed by atoms with E-state index in [4.69, 9.17) is 4.74 Å². The molecule has 1 atom stereocenters. The van der Waals surface area contributed by atoms with Gasteiger partial charge in [-0.05, 0) is 41.5 Å². The van der Waals surface area contributed by atoms with E-state index >= 15 is 0 Å². The first-order valence-corrected chi connectivity index (χ1v) is 9.90. The van der Waals surface area contributed by atoms with Gasteiger partial charge in [0.25, 0.3) is 0 Å². The van der Waals surface area contributed by atoms with Gasteiger partial charge in [0.05, 0.1) is 17.5 Å². The molecule has 3 aromatic rings. The van der Waals surface area contributed by atoms with Crippen LogP contribution in [0.25, 0.3) is 22.0 Å². The molecular formula is C19H17FN2O4S. The predicted molar refractivity (Wildman–Crippen MR) is 98.0 cm³/mol. The number of carbonyl (C=O) groups excluding carboxylic acids is 1. The number of aromatic nitrogens is 1. The summed E-state index contributed by atoms with van der Waals surface area (Å²) in [5.74, 6) is -0.735. The number of H-pyrrole nitrogens is 1. The van der Waals surface area contributed by atoms with Crippen LogP contribution < -0.4 is 4.72 Å². The summed E-state index contributed by atoms with van der Waals surface area (Å²) in [6.07, 6.45) is 2.12. The van der Waals surface area contributed by atoms with Gasteiger partial charge in [-0.25, -0.2) is 17.5 Å². The molecule has 8 heteroatoms. The quantitative estimate of drug-likeness (QED) is 0.672. The molecule has 27 heavy (non-hydrogen) atoms. The van der Waals surface area contributed by atoms with E-state index in [1.54, 1.807) is 24.4 Å². The SMILES string of the molecule is CC(=O)OCCC1NS(=O)(=O)c2ccc(-c3c[nH]c4cc(F)ccc34)cc21. The maximum Gasteiger partial charge on any atom is 0.302 e. The van der Waals surface area contributed by atoms with Crippen LogP contribution in [0, 0.1) is 5.82 Å². The summed E-state index contributed by atoms with van der Waals surface area (Å²) in [5, 5.41) is 0.849. The van der Waals surface area contributed by atoms with Gasteiger partial charge < -0.3 is 9.72 Å². The van der Waals surface area contributed by atoms with Crippen molar-refractivity contribution >= 4 is 26.9 Å². The highest BCUT2D eigenvalue weighted by atomic mass is 32.2. The minimum absolute atomic E-state index is 0.124. The first-order valence-electron chi connectivity index (χ1n) is 8.42. The summed E-state index contributed by atoms with van der Waals surface area (Å²) in [4.78, 5) is 14.2. The van der Waals surface area contributed by atoms with Crippen LogP contribution in [0.2, 0.25) is 0 Å². The lowest BCUT2D eigenvalue weighted by molar-refractivity contribution is -0.141. The van der Waals surface area contributed by atoms with Crippen molar-refractivity contribution < 1.29 is 22.3 Å². The molecule has 1 unspecified atom stereocenters. The Morgan fingerprint density at radius 1 is 1.22 bits per heavy atom. The Labute approximate surface area is 155 Å². The third kappa shape index (κ3) is 3.22. The van der Waals surface area contributed by atoms with Gasteiger partial charge >= 0.3 is 5.97 Å². The number of halogens is 1. The lowest BCUT2D eigenvalue weighted by Gasteiger charge is -2.11. The Morgan fingerprint density at radius 3 is 2.81 bits per heavy atom. The van der Waals surface area contributed by atoms with Crippen molar-refractivity contribution in [1.29, 1.82) is 0 Å². The summed E-state index contributed by atoms with van der Waals surface area (Å²) < 4.78 is 45.6. The largest absolute Gasteiger partial charge is 0.466 e. The van der Waals surface area contributed by atoms with Gasteiger partial charge in [-0.1, -0.05) is 6.07 Å². The van der Waals surface area contributed by atoms with Crippen molar-refractivity contribution in [3.8, 4) is 11.1 Å². The predicted octanol–water partition coefficient (Wildman–Crippen LogP) is 3.26. The molecule has 0 aliphatic carbocycles. The standard InChI is InChI=1S/C19H17FN2O4S/c1-11(23)26-7-6-17-15-8-12(2-5-19(15)27(24,25)22-17)16-10-21-18-9-13(20)3-4-14(16)18/h2-5,8-10,17,21-22H,6-7H2,1H3. The van der Waals surface area contributed by atoms with E-state index in [0.29, 0.717) is 17.5 Å². The lowest BCUT2D eigenvalue weighted by atomic mass is 9.98. The maximum absolute atomic E-state index is 13.4. The van der Waals surface area contributed by atoms with E-state index in [9.17, 15) is 17.6 Å². The van der Waals surface area contributed by atoms with E-state index in [2.05, 4.69) is 9.71 Å². The number of benzene rings is 2. The van der Waals surface area contributed by atoms with Crippen LogP contribution in [0.1, 0.15) is 24.9 Å². The van der Waals surface area contributed by atoms with Crippen LogP contribution in [0.3, 0.4) is 0 Å². The Kier molecular flexibility index (Phi) is 4.24. The summed E-state index contributed by atoms with van der Waals surface area (Å²) in [6.45, 7) is 1.43. The van der Waals surface area contributed by atoms with Crippen molar-refractivity contribution in [1.82, 2.24) is 9.71 Å². The Hall–Kier alpha value is -2.71. The van der Waals surface area contributed by atoms with Crippen molar-refractivity contribution in [2.75, 3.05) is 6.61 Å². The summed E-state index contributed by atoms with van der Waals surface area (Å²) >= 11 is 0. The summed E-state index contributed by atoms with van der Waals surface area (Å²) in [7, 11) is -3.59. The Morgan fingerprint density at radius 2 is 2.04 bits per heavy atom. The molecule has 0 saturated carbocycles. The highest BCUT2D eigenvalue weighted by Crippen LogP contribution is 2.37. The van der Waals surface area contributed by atoms with Crippen LogP contribution in [0.15, 0.2) is 47.5 Å². The molecule has 0 bridgehead atoms. The third-order valence-corrected chi connectivity index (χ3v) is 6.18. The van der Waals surface area contributed by atoms with E-state index in [1.165, 1.54) is 19.1 Å². The van der Waals surface area contributed by atoms with E-state index < -0.39 is 22.0 Å². The fraction of sp³-hybridized carbons (Fsp3) is 0.211. The average Bonchev–Trinajstić information content (AvgIpc) is 3.13. The summed E-state index contributed by atoms with van der Waals surface area (Å²) in [5.41, 5.74) is 2.98. The number of fused-ring (bicyclic) bond motifs is 2. The van der Waals surface area contributed by atoms with Crippen molar-refractivity contribution in [2.45, 2.75) is 24.3 Å². The Bertz CT molecular complexity index is 1150. The molecule has 2 heterocycles. The highest BCUT2D eigenvalue weighted by Gasteiger charge is 2.34.